The molecule has 26 heavy (non-hydrogen) atoms. The molecule has 0 aliphatic carbocycles. The molecule has 0 spiro atoms. The van der Waals surface area contributed by atoms with Crippen LogP contribution in [-0.2, 0) is 4.74 Å². The second-order valence-electron chi connectivity index (χ2n) is 7.37. The van der Waals surface area contributed by atoms with Crippen molar-refractivity contribution in [1.82, 2.24) is 9.80 Å². The summed E-state index contributed by atoms with van der Waals surface area (Å²) in [7, 11) is 1.72. The van der Waals surface area contributed by atoms with E-state index in [4.69, 9.17) is 4.74 Å². The van der Waals surface area contributed by atoms with E-state index >= 15 is 0 Å². The summed E-state index contributed by atoms with van der Waals surface area (Å²) in [6.45, 7) is 6.52. The smallest absolute Gasteiger partial charge is 0.410 e. The quantitative estimate of drug-likeness (QED) is 0.754. The van der Waals surface area contributed by atoms with E-state index in [0.717, 1.165) is 0 Å². The third-order valence-corrected chi connectivity index (χ3v) is 4.79. The Morgan fingerprint density at radius 2 is 1.92 bits per heavy atom. The van der Waals surface area contributed by atoms with Crippen LogP contribution < -0.4 is 5.32 Å². The highest BCUT2D eigenvalue weighted by Crippen LogP contribution is 2.21. The third kappa shape index (κ3) is 5.59. The van der Waals surface area contributed by atoms with Crippen molar-refractivity contribution in [2.75, 3.05) is 25.5 Å². The summed E-state index contributed by atoms with van der Waals surface area (Å²) < 4.78 is 19.3. The number of rotatable bonds is 2. The van der Waals surface area contributed by atoms with Crippen molar-refractivity contribution in [3.8, 4) is 0 Å². The number of likely N-dealkylation sites (tertiary alicyclic amines) is 1. The number of amides is 3. The van der Waals surface area contributed by atoms with Gasteiger partial charge in [0.2, 0.25) is 0 Å². The number of halogens is 2. The lowest BCUT2D eigenvalue weighted by Crippen LogP contribution is -2.49. The zero-order valence-electron chi connectivity index (χ0n) is 15.5. The van der Waals surface area contributed by atoms with Gasteiger partial charge in [0, 0.05) is 31.9 Å². The Kier molecular flexibility index (Phi) is 6.49. The molecule has 0 bridgehead atoms. The molecule has 0 saturated carbocycles. The first kappa shape index (κ1) is 20.5. The van der Waals surface area contributed by atoms with Crippen molar-refractivity contribution in [3.63, 3.8) is 0 Å². The molecular formula is C18H25BrFN3O3. The number of nitrogens with zero attached hydrogens (tertiary/aromatic N) is 2. The lowest BCUT2D eigenvalue weighted by atomic mass is 10.0. The summed E-state index contributed by atoms with van der Waals surface area (Å²) in [5, 5.41) is 2.70. The number of carbonyl (C=O) groups is 2. The summed E-state index contributed by atoms with van der Waals surface area (Å²) in [5.41, 5.74) is -0.130. The van der Waals surface area contributed by atoms with Gasteiger partial charge in [0.1, 0.15) is 11.4 Å². The number of anilines is 1. The minimum Gasteiger partial charge on any atom is -0.444 e. The van der Waals surface area contributed by atoms with Crippen molar-refractivity contribution in [3.05, 3.63) is 28.5 Å². The number of hydrogen-bond donors (Lipinski definition) is 1. The number of piperidine rings is 1. The van der Waals surface area contributed by atoms with Crippen LogP contribution in [0.3, 0.4) is 0 Å². The fraction of sp³-hybridized carbons (Fsp3) is 0.556. The van der Waals surface area contributed by atoms with Crippen LogP contribution in [0.25, 0.3) is 0 Å². The van der Waals surface area contributed by atoms with E-state index in [0.29, 0.717) is 36.1 Å². The number of benzene rings is 1. The van der Waals surface area contributed by atoms with Crippen LogP contribution in [0.5, 0.6) is 0 Å². The minimum atomic E-state index is -0.536. The van der Waals surface area contributed by atoms with Gasteiger partial charge in [-0.05, 0) is 67.7 Å². The number of ether oxygens (including phenoxy) is 1. The van der Waals surface area contributed by atoms with Gasteiger partial charge in [-0.25, -0.2) is 14.0 Å². The summed E-state index contributed by atoms with van der Waals surface area (Å²) >= 11 is 3.08. The van der Waals surface area contributed by atoms with E-state index in [1.807, 2.05) is 20.8 Å². The molecule has 0 radical (unpaired) electrons. The van der Waals surface area contributed by atoms with Gasteiger partial charge in [0.05, 0.1) is 4.47 Å². The molecule has 8 heteroatoms. The zero-order valence-corrected chi connectivity index (χ0v) is 17.1. The minimum absolute atomic E-state index is 0.0269. The lowest BCUT2D eigenvalue weighted by molar-refractivity contribution is 0.0170. The fourth-order valence-corrected chi connectivity index (χ4v) is 2.96. The van der Waals surface area contributed by atoms with Gasteiger partial charge in [0.25, 0.3) is 0 Å². The van der Waals surface area contributed by atoms with E-state index in [1.165, 1.54) is 6.07 Å². The van der Waals surface area contributed by atoms with Crippen LogP contribution in [0.4, 0.5) is 19.7 Å². The molecule has 0 aromatic heterocycles. The van der Waals surface area contributed by atoms with Gasteiger partial charge in [-0.1, -0.05) is 0 Å². The molecule has 1 aromatic carbocycles. The molecule has 1 saturated heterocycles. The number of hydrogen-bond acceptors (Lipinski definition) is 3. The Balaban J connectivity index is 1.86. The van der Waals surface area contributed by atoms with Crippen LogP contribution in [0, 0.1) is 5.82 Å². The van der Waals surface area contributed by atoms with Gasteiger partial charge in [-0.2, -0.15) is 0 Å². The summed E-state index contributed by atoms with van der Waals surface area (Å²) in [5.74, 6) is -0.430. The van der Waals surface area contributed by atoms with Crippen molar-refractivity contribution < 1.29 is 18.7 Å². The SMILES string of the molecule is CN(C(=O)OC(C)(C)C)C1CCN(C(=O)Nc2ccc(Br)c(F)c2)CC1. The molecule has 0 unspecified atom stereocenters. The standard InChI is InChI=1S/C18H25BrFN3O3/c1-18(2,3)26-17(25)22(4)13-7-9-23(10-8-13)16(24)21-12-5-6-14(19)15(20)11-12/h5-6,11,13H,7-10H2,1-4H3,(H,21,24). The maximum absolute atomic E-state index is 13.5. The highest BCUT2D eigenvalue weighted by molar-refractivity contribution is 9.10. The number of carbonyl (C=O) groups excluding carboxylic acids is 2. The Morgan fingerprint density at radius 1 is 1.31 bits per heavy atom. The average Bonchev–Trinajstić information content (AvgIpc) is 2.56. The summed E-state index contributed by atoms with van der Waals surface area (Å²) in [6, 6.07) is 4.20. The van der Waals surface area contributed by atoms with Crippen molar-refractivity contribution in [1.29, 1.82) is 0 Å². The van der Waals surface area contributed by atoms with E-state index in [9.17, 15) is 14.0 Å². The first-order valence-corrected chi connectivity index (χ1v) is 9.33. The van der Waals surface area contributed by atoms with E-state index in [-0.39, 0.29) is 18.2 Å². The largest absolute Gasteiger partial charge is 0.444 e. The molecule has 1 aromatic rings. The van der Waals surface area contributed by atoms with Crippen LogP contribution >= 0.6 is 15.9 Å². The van der Waals surface area contributed by atoms with Crippen LogP contribution in [0.15, 0.2) is 22.7 Å². The van der Waals surface area contributed by atoms with Gasteiger partial charge in [0.15, 0.2) is 0 Å². The highest BCUT2D eigenvalue weighted by atomic mass is 79.9. The van der Waals surface area contributed by atoms with Gasteiger partial charge < -0.3 is 19.9 Å². The number of urea groups is 1. The molecule has 0 atom stereocenters. The Hall–Kier alpha value is -1.83. The Bertz CT molecular complexity index is 670. The Labute approximate surface area is 161 Å². The van der Waals surface area contributed by atoms with E-state index in [2.05, 4.69) is 21.2 Å². The predicted octanol–water partition coefficient (Wildman–Crippen LogP) is 4.45. The topological polar surface area (TPSA) is 61.9 Å². The molecule has 2 rings (SSSR count). The summed E-state index contributed by atoms with van der Waals surface area (Å²) in [4.78, 5) is 27.8. The molecular weight excluding hydrogens is 405 g/mol. The maximum Gasteiger partial charge on any atom is 0.410 e. The summed E-state index contributed by atoms with van der Waals surface area (Å²) in [6.07, 6.45) is 0.973. The van der Waals surface area contributed by atoms with E-state index in [1.54, 1.807) is 29.0 Å². The molecule has 1 heterocycles. The predicted molar refractivity (Wildman–Crippen MR) is 102 cm³/mol. The molecule has 1 aliphatic rings. The van der Waals surface area contributed by atoms with Gasteiger partial charge in [-0.15, -0.1) is 0 Å². The van der Waals surface area contributed by atoms with E-state index < -0.39 is 11.4 Å². The normalized spacial score (nSPS) is 15.5. The van der Waals surface area contributed by atoms with Crippen LogP contribution in [0.1, 0.15) is 33.6 Å². The Morgan fingerprint density at radius 3 is 2.46 bits per heavy atom. The zero-order chi connectivity index (χ0) is 19.5. The maximum atomic E-state index is 13.5. The lowest BCUT2D eigenvalue weighted by Gasteiger charge is -2.37. The molecule has 1 aliphatic heterocycles. The van der Waals surface area contributed by atoms with Crippen LogP contribution in [0.2, 0.25) is 0 Å². The first-order valence-electron chi connectivity index (χ1n) is 8.53. The van der Waals surface area contributed by atoms with Crippen molar-refractivity contribution >= 4 is 33.7 Å². The molecule has 144 valence electrons. The van der Waals surface area contributed by atoms with Crippen molar-refractivity contribution in [2.45, 2.75) is 45.3 Å². The third-order valence-electron chi connectivity index (χ3n) is 4.15. The second-order valence-corrected chi connectivity index (χ2v) is 8.22. The second kappa shape index (κ2) is 8.24. The molecule has 3 amide bonds. The fourth-order valence-electron chi connectivity index (χ4n) is 2.72. The first-order chi connectivity index (χ1) is 12.1. The average molecular weight is 430 g/mol. The van der Waals surface area contributed by atoms with Gasteiger partial charge in [-0.3, -0.25) is 0 Å². The van der Waals surface area contributed by atoms with Gasteiger partial charge >= 0.3 is 12.1 Å². The van der Waals surface area contributed by atoms with Crippen molar-refractivity contribution in [2.24, 2.45) is 0 Å². The molecule has 1 N–H and O–H groups in total. The molecule has 1 fully saturated rings. The molecule has 6 nitrogen and oxygen atoms in total. The number of nitrogens with one attached hydrogen (secondary N) is 1. The monoisotopic (exact) mass is 429 g/mol. The highest BCUT2D eigenvalue weighted by Gasteiger charge is 2.30. The van der Waals surface area contributed by atoms with Crippen LogP contribution in [-0.4, -0.2) is 53.7 Å².